The first-order valence-corrected chi connectivity index (χ1v) is 10.0. The van der Waals surface area contributed by atoms with Crippen LogP contribution in [0.4, 0.5) is 0 Å². The minimum absolute atomic E-state index is 0.119. The summed E-state index contributed by atoms with van der Waals surface area (Å²) in [7, 11) is 5.08. The number of carbonyl (C=O) groups excluding carboxylic acids is 2. The van der Waals surface area contributed by atoms with Crippen molar-refractivity contribution >= 4 is 23.2 Å². The van der Waals surface area contributed by atoms with Crippen LogP contribution in [0.1, 0.15) is 50.0 Å². The largest absolute Gasteiger partial charge is 0.493 e. The summed E-state index contributed by atoms with van der Waals surface area (Å²) in [4.78, 5) is 28.1. The fraction of sp³-hybridized carbons (Fsp3) is 0.455. The van der Waals surface area contributed by atoms with Crippen molar-refractivity contribution in [3.05, 3.63) is 45.3 Å². The van der Waals surface area contributed by atoms with Crippen LogP contribution in [0, 0.1) is 0 Å². The summed E-state index contributed by atoms with van der Waals surface area (Å²) in [6.45, 7) is 0. The number of nitrogens with zero attached hydrogens (tertiary/aromatic N) is 1. The predicted molar refractivity (Wildman–Crippen MR) is 107 cm³/mol. The van der Waals surface area contributed by atoms with Crippen LogP contribution in [-0.2, 0) is 9.59 Å². The van der Waals surface area contributed by atoms with Gasteiger partial charge in [0.15, 0.2) is 23.1 Å². The monoisotopic (exact) mass is 401 g/mol. The number of ether oxygens (including phenoxy) is 2. The van der Waals surface area contributed by atoms with E-state index in [0.29, 0.717) is 29.4 Å². The Kier molecular flexibility index (Phi) is 4.96. The molecule has 0 radical (unpaired) electrons. The van der Waals surface area contributed by atoms with Gasteiger partial charge < -0.3 is 14.4 Å². The number of rotatable bonds is 3. The molecular weight excluding hydrogens is 378 g/mol. The molecule has 1 heterocycles. The van der Waals surface area contributed by atoms with Crippen LogP contribution < -0.4 is 9.47 Å². The minimum Gasteiger partial charge on any atom is -0.493 e. The Morgan fingerprint density at radius 3 is 2.00 bits per heavy atom. The van der Waals surface area contributed by atoms with E-state index in [4.69, 9.17) is 21.1 Å². The van der Waals surface area contributed by atoms with Crippen LogP contribution in [0.2, 0.25) is 5.02 Å². The molecule has 2 aliphatic carbocycles. The quantitative estimate of drug-likeness (QED) is 0.751. The lowest BCUT2D eigenvalue weighted by Gasteiger charge is -2.42. The van der Waals surface area contributed by atoms with Gasteiger partial charge in [0.05, 0.1) is 19.2 Å². The first-order chi connectivity index (χ1) is 13.5. The summed E-state index contributed by atoms with van der Waals surface area (Å²) < 4.78 is 10.8. The number of ketones is 2. The van der Waals surface area contributed by atoms with E-state index in [9.17, 15) is 9.59 Å². The molecule has 0 N–H and O–H groups in total. The summed E-state index contributed by atoms with van der Waals surface area (Å²) in [5.41, 5.74) is 4.37. The van der Waals surface area contributed by atoms with Gasteiger partial charge in [-0.3, -0.25) is 9.59 Å². The van der Waals surface area contributed by atoms with Gasteiger partial charge in [0.2, 0.25) is 0 Å². The molecule has 0 saturated carbocycles. The third-order valence-electron chi connectivity index (χ3n) is 6.03. The van der Waals surface area contributed by atoms with Crippen LogP contribution >= 0.6 is 11.6 Å². The van der Waals surface area contributed by atoms with Crippen molar-refractivity contribution in [1.82, 2.24) is 4.90 Å². The van der Waals surface area contributed by atoms with E-state index >= 15 is 0 Å². The van der Waals surface area contributed by atoms with Gasteiger partial charge in [0.25, 0.3) is 0 Å². The molecule has 148 valence electrons. The maximum atomic E-state index is 13.0. The van der Waals surface area contributed by atoms with Crippen molar-refractivity contribution in [1.29, 1.82) is 0 Å². The maximum absolute atomic E-state index is 13.0. The van der Waals surface area contributed by atoms with Gasteiger partial charge in [-0.15, -0.1) is 0 Å². The van der Waals surface area contributed by atoms with Gasteiger partial charge in [-0.1, -0.05) is 11.6 Å². The molecule has 0 amide bonds. The number of Topliss-reactive ketones (excluding diaryl/α,β-unsaturated/α-hetero) is 2. The molecule has 0 atom stereocenters. The predicted octanol–water partition coefficient (Wildman–Crippen LogP) is 4.40. The second kappa shape index (κ2) is 7.28. The third kappa shape index (κ3) is 2.84. The average molecular weight is 402 g/mol. The smallest absolute Gasteiger partial charge is 0.179 e. The van der Waals surface area contributed by atoms with E-state index < -0.39 is 0 Å². The lowest BCUT2D eigenvalue weighted by Crippen LogP contribution is -2.37. The Morgan fingerprint density at radius 1 is 0.929 bits per heavy atom. The van der Waals surface area contributed by atoms with E-state index in [0.717, 1.165) is 53.8 Å². The van der Waals surface area contributed by atoms with Gasteiger partial charge >= 0.3 is 0 Å². The van der Waals surface area contributed by atoms with Crippen molar-refractivity contribution in [2.45, 2.75) is 44.4 Å². The van der Waals surface area contributed by atoms with Crippen LogP contribution in [0.15, 0.2) is 34.7 Å². The highest BCUT2D eigenvalue weighted by atomic mass is 35.5. The summed E-state index contributed by atoms with van der Waals surface area (Å²) in [6.07, 6.45) is 4.41. The van der Waals surface area contributed by atoms with Crippen molar-refractivity contribution in [3.63, 3.8) is 0 Å². The molecule has 0 spiro atoms. The van der Waals surface area contributed by atoms with E-state index in [2.05, 4.69) is 4.90 Å². The molecule has 0 fully saturated rings. The normalized spacial score (nSPS) is 20.4. The fourth-order valence-electron chi connectivity index (χ4n) is 4.79. The summed E-state index contributed by atoms with van der Waals surface area (Å²) in [6, 6.07) is 3.65. The van der Waals surface area contributed by atoms with Gasteiger partial charge in [-0.2, -0.15) is 0 Å². The number of allylic oxidation sites excluding steroid dienone is 4. The lowest BCUT2D eigenvalue weighted by molar-refractivity contribution is -0.117. The number of hydrogen-bond donors (Lipinski definition) is 0. The first kappa shape index (κ1) is 19.1. The molecule has 1 aromatic rings. The Morgan fingerprint density at radius 2 is 1.50 bits per heavy atom. The maximum Gasteiger partial charge on any atom is 0.179 e. The number of benzene rings is 1. The lowest BCUT2D eigenvalue weighted by atomic mass is 9.71. The van der Waals surface area contributed by atoms with Crippen molar-refractivity contribution < 1.29 is 19.1 Å². The average Bonchev–Trinajstić information content (AvgIpc) is 2.69. The van der Waals surface area contributed by atoms with Crippen molar-refractivity contribution in [2.24, 2.45) is 0 Å². The molecule has 0 aromatic heterocycles. The Hall–Kier alpha value is -2.27. The number of carbonyl (C=O) groups is 2. The molecule has 28 heavy (non-hydrogen) atoms. The van der Waals surface area contributed by atoms with Crippen LogP contribution in [-0.4, -0.2) is 37.7 Å². The fourth-order valence-corrected chi connectivity index (χ4v) is 5.09. The van der Waals surface area contributed by atoms with Crippen molar-refractivity contribution in [2.75, 3.05) is 21.3 Å². The Bertz CT molecular complexity index is 887. The summed E-state index contributed by atoms with van der Waals surface area (Å²) in [5, 5.41) is 0.409. The van der Waals surface area contributed by atoms with E-state index in [1.54, 1.807) is 13.2 Å². The first-order valence-electron chi connectivity index (χ1n) is 9.65. The highest BCUT2D eigenvalue weighted by molar-refractivity contribution is 6.32. The number of methoxy groups -OCH3 is 2. The number of hydrogen-bond acceptors (Lipinski definition) is 5. The van der Waals surface area contributed by atoms with E-state index in [1.807, 2.05) is 13.1 Å². The molecule has 1 aromatic carbocycles. The highest BCUT2D eigenvalue weighted by Gasteiger charge is 2.42. The molecule has 6 heteroatoms. The molecule has 1 aliphatic heterocycles. The van der Waals surface area contributed by atoms with Gasteiger partial charge in [0, 0.05) is 48.3 Å². The van der Waals surface area contributed by atoms with Gasteiger partial charge in [0.1, 0.15) is 0 Å². The highest BCUT2D eigenvalue weighted by Crippen LogP contribution is 2.50. The molecule has 0 unspecified atom stereocenters. The van der Waals surface area contributed by atoms with Crippen LogP contribution in [0.5, 0.6) is 11.5 Å². The molecule has 0 bridgehead atoms. The van der Waals surface area contributed by atoms with Crippen LogP contribution in [0.25, 0.3) is 0 Å². The van der Waals surface area contributed by atoms with Gasteiger partial charge in [-0.25, -0.2) is 0 Å². The zero-order valence-electron chi connectivity index (χ0n) is 16.4. The van der Waals surface area contributed by atoms with Crippen molar-refractivity contribution in [3.8, 4) is 11.5 Å². The SMILES string of the molecule is COc1cc(C2C3=C(CCCC3=O)N(C)C3=C2C(=O)CCC3)cc(Cl)c1OC. The third-order valence-corrected chi connectivity index (χ3v) is 6.31. The summed E-state index contributed by atoms with van der Waals surface area (Å²) >= 11 is 6.47. The molecular formula is C22H24ClNO4. The zero-order valence-corrected chi connectivity index (χ0v) is 17.2. The second-order valence-electron chi connectivity index (χ2n) is 7.50. The van der Waals surface area contributed by atoms with Crippen LogP contribution in [0.3, 0.4) is 0 Å². The van der Waals surface area contributed by atoms with E-state index in [-0.39, 0.29) is 17.5 Å². The zero-order chi connectivity index (χ0) is 20.0. The molecule has 0 saturated heterocycles. The molecule has 4 rings (SSSR count). The Balaban J connectivity index is 1.97. The number of halogens is 1. The van der Waals surface area contributed by atoms with Gasteiger partial charge in [-0.05, 0) is 43.4 Å². The molecule has 3 aliphatic rings. The minimum atomic E-state index is -0.390. The van der Waals surface area contributed by atoms with E-state index in [1.165, 1.54) is 7.11 Å². The standard InChI is InChI=1S/C22H24ClNO4/c1-24-14-6-4-8-16(25)20(14)19(21-15(24)7-5-9-17(21)26)12-10-13(23)22(28-3)18(11-12)27-2/h10-11,19H,4-9H2,1-3H3. The second-order valence-corrected chi connectivity index (χ2v) is 7.91. The Labute approximate surface area is 169 Å². The molecule has 5 nitrogen and oxygen atoms in total. The topological polar surface area (TPSA) is 55.8 Å². The summed E-state index contributed by atoms with van der Waals surface area (Å²) in [5.74, 6) is 0.802.